The first-order valence-electron chi connectivity index (χ1n) is 9.49. The van der Waals surface area contributed by atoms with Crippen LogP contribution in [0.25, 0.3) is 0 Å². The van der Waals surface area contributed by atoms with Crippen LogP contribution in [-0.2, 0) is 11.2 Å². The predicted molar refractivity (Wildman–Crippen MR) is 120 cm³/mol. The number of amides is 1. The summed E-state index contributed by atoms with van der Waals surface area (Å²) in [7, 11) is 0. The number of aromatic hydroxyl groups is 1. The molecular weight excluding hydrogens is 400 g/mol. The van der Waals surface area contributed by atoms with Crippen molar-refractivity contribution in [2.75, 3.05) is 6.61 Å². The van der Waals surface area contributed by atoms with Gasteiger partial charge in [0.15, 0.2) is 6.61 Å². The second kappa shape index (κ2) is 9.94. The van der Waals surface area contributed by atoms with E-state index in [1.54, 1.807) is 12.1 Å². The summed E-state index contributed by atoms with van der Waals surface area (Å²) in [6.07, 6.45) is 2.03. The van der Waals surface area contributed by atoms with Crippen LogP contribution in [-0.4, -0.2) is 23.8 Å². The van der Waals surface area contributed by atoms with Crippen molar-refractivity contribution in [3.8, 4) is 11.5 Å². The zero-order chi connectivity index (χ0) is 21.5. The molecule has 0 radical (unpaired) electrons. The minimum Gasteiger partial charge on any atom is -0.507 e. The van der Waals surface area contributed by atoms with Crippen LogP contribution >= 0.6 is 11.6 Å². The molecule has 0 aliphatic carbocycles. The van der Waals surface area contributed by atoms with E-state index in [2.05, 4.69) is 10.5 Å². The zero-order valence-corrected chi connectivity index (χ0v) is 17.6. The maximum absolute atomic E-state index is 12.0. The highest BCUT2D eigenvalue weighted by Crippen LogP contribution is 2.22. The van der Waals surface area contributed by atoms with Gasteiger partial charge in [-0.05, 0) is 61.2 Å². The number of nitrogens with zero attached hydrogens (tertiary/aromatic N) is 1. The Hall–Kier alpha value is -3.31. The second-order valence-electron chi connectivity index (χ2n) is 7.01. The van der Waals surface area contributed by atoms with Gasteiger partial charge in [0, 0.05) is 10.6 Å². The summed E-state index contributed by atoms with van der Waals surface area (Å²) in [5, 5.41) is 14.7. The number of hydrogen-bond donors (Lipinski definition) is 2. The number of nitrogens with one attached hydrogen (secondary N) is 1. The summed E-state index contributed by atoms with van der Waals surface area (Å²) in [5.74, 6) is 0.338. The number of rotatable bonds is 7. The molecule has 0 aromatic heterocycles. The van der Waals surface area contributed by atoms with Crippen molar-refractivity contribution in [1.82, 2.24) is 5.43 Å². The molecule has 5 nitrogen and oxygen atoms in total. The van der Waals surface area contributed by atoms with Crippen molar-refractivity contribution in [3.63, 3.8) is 0 Å². The van der Waals surface area contributed by atoms with Crippen LogP contribution in [0.4, 0.5) is 0 Å². The number of phenolic OH excluding ortho intramolecular Hbond substituents is 1. The third kappa shape index (κ3) is 5.84. The molecule has 0 heterocycles. The molecule has 0 fully saturated rings. The van der Waals surface area contributed by atoms with Crippen molar-refractivity contribution >= 4 is 23.7 Å². The molecule has 3 rings (SSSR count). The van der Waals surface area contributed by atoms with Crippen molar-refractivity contribution in [2.45, 2.75) is 20.3 Å². The molecule has 1 amide bonds. The highest BCUT2D eigenvalue weighted by molar-refractivity contribution is 6.31. The number of phenols is 1. The van der Waals surface area contributed by atoms with E-state index in [1.165, 1.54) is 6.21 Å². The van der Waals surface area contributed by atoms with Crippen LogP contribution in [0.5, 0.6) is 11.5 Å². The molecular formula is C24H23ClN2O3. The molecule has 2 N–H and O–H groups in total. The van der Waals surface area contributed by atoms with Gasteiger partial charge in [-0.15, -0.1) is 0 Å². The average molecular weight is 423 g/mol. The Kier molecular flexibility index (Phi) is 7.09. The Morgan fingerprint density at radius 3 is 2.70 bits per heavy atom. The van der Waals surface area contributed by atoms with Crippen molar-refractivity contribution in [1.29, 1.82) is 0 Å². The molecule has 0 unspecified atom stereocenters. The minimum absolute atomic E-state index is 0.0717. The normalized spacial score (nSPS) is 10.9. The molecule has 0 saturated carbocycles. The van der Waals surface area contributed by atoms with Crippen molar-refractivity contribution in [3.05, 3.63) is 93.5 Å². The largest absolute Gasteiger partial charge is 0.507 e. The molecule has 3 aromatic rings. The van der Waals surface area contributed by atoms with E-state index in [9.17, 15) is 9.90 Å². The third-order valence-corrected chi connectivity index (χ3v) is 4.90. The monoisotopic (exact) mass is 422 g/mol. The van der Waals surface area contributed by atoms with E-state index in [4.69, 9.17) is 16.3 Å². The summed E-state index contributed by atoms with van der Waals surface area (Å²) < 4.78 is 5.53. The highest BCUT2D eigenvalue weighted by Gasteiger charge is 2.06. The average Bonchev–Trinajstić information content (AvgIpc) is 2.71. The fraction of sp³-hybridized carbons (Fsp3) is 0.167. The summed E-state index contributed by atoms with van der Waals surface area (Å²) in [6.45, 7) is 3.77. The standard InChI is InChI=1S/C24H23ClN2O3/c1-16-7-10-23(17(2)11-16)30-15-24(29)27-26-14-20-13-18(8-9-22(20)28)12-19-5-3-4-6-21(19)25/h3-11,13-14,28H,12,15H2,1-2H3,(H,27,29). The van der Waals surface area contributed by atoms with Crippen LogP contribution in [0.2, 0.25) is 5.02 Å². The van der Waals surface area contributed by atoms with Gasteiger partial charge < -0.3 is 9.84 Å². The molecule has 154 valence electrons. The first-order chi connectivity index (χ1) is 14.4. The van der Waals surface area contributed by atoms with Gasteiger partial charge in [0.25, 0.3) is 5.91 Å². The van der Waals surface area contributed by atoms with Gasteiger partial charge >= 0.3 is 0 Å². The Balaban J connectivity index is 1.58. The second-order valence-corrected chi connectivity index (χ2v) is 7.42. The first-order valence-corrected chi connectivity index (χ1v) is 9.87. The van der Waals surface area contributed by atoms with Gasteiger partial charge in [0.05, 0.1) is 6.21 Å². The minimum atomic E-state index is -0.391. The zero-order valence-electron chi connectivity index (χ0n) is 16.9. The van der Waals surface area contributed by atoms with E-state index in [0.29, 0.717) is 22.8 Å². The lowest BCUT2D eigenvalue weighted by molar-refractivity contribution is -0.123. The predicted octanol–water partition coefficient (Wildman–Crippen LogP) is 4.78. The Morgan fingerprint density at radius 1 is 1.13 bits per heavy atom. The van der Waals surface area contributed by atoms with Gasteiger partial charge in [-0.1, -0.05) is 53.6 Å². The first kappa shape index (κ1) is 21.4. The molecule has 0 saturated heterocycles. The topological polar surface area (TPSA) is 70.9 Å². The van der Waals surface area contributed by atoms with Gasteiger partial charge in [0.2, 0.25) is 0 Å². The Bertz CT molecular complexity index is 1080. The summed E-state index contributed by atoms with van der Waals surface area (Å²) in [4.78, 5) is 12.0. The Labute approximate surface area is 181 Å². The fourth-order valence-electron chi connectivity index (χ4n) is 2.99. The molecule has 0 aliphatic heterocycles. The van der Waals surface area contributed by atoms with Gasteiger partial charge in [0.1, 0.15) is 11.5 Å². The van der Waals surface area contributed by atoms with E-state index < -0.39 is 5.91 Å². The summed E-state index contributed by atoms with van der Waals surface area (Å²) in [5.41, 5.74) is 6.96. The molecule has 0 spiro atoms. The number of halogens is 1. The van der Waals surface area contributed by atoms with Gasteiger partial charge in [-0.3, -0.25) is 4.79 Å². The smallest absolute Gasteiger partial charge is 0.277 e. The molecule has 0 aliphatic rings. The number of ether oxygens (including phenoxy) is 1. The van der Waals surface area contributed by atoms with E-state index >= 15 is 0 Å². The maximum Gasteiger partial charge on any atom is 0.277 e. The number of carbonyl (C=O) groups is 1. The Morgan fingerprint density at radius 2 is 1.93 bits per heavy atom. The van der Waals surface area contributed by atoms with Crippen LogP contribution in [0.1, 0.15) is 27.8 Å². The lowest BCUT2D eigenvalue weighted by Gasteiger charge is -2.09. The number of benzene rings is 3. The van der Waals surface area contributed by atoms with Crippen LogP contribution in [0.15, 0.2) is 65.8 Å². The quantitative estimate of drug-likeness (QED) is 0.425. The summed E-state index contributed by atoms with van der Waals surface area (Å²) in [6, 6.07) is 18.6. The van der Waals surface area contributed by atoms with Crippen LogP contribution in [0.3, 0.4) is 0 Å². The molecule has 0 atom stereocenters. The third-order valence-electron chi connectivity index (χ3n) is 4.53. The van der Waals surface area contributed by atoms with Crippen LogP contribution < -0.4 is 10.2 Å². The molecule has 3 aromatic carbocycles. The van der Waals surface area contributed by atoms with Gasteiger partial charge in [-0.2, -0.15) is 5.10 Å². The number of aryl methyl sites for hydroxylation is 2. The highest BCUT2D eigenvalue weighted by atomic mass is 35.5. The van der Waals surface area contributed by atoms with Crippen LogP contribution in [0, 0.1) is 13.8 Å². The number of hydrogen-bond acceptors (Lipinski definition) is 4. The van der Waals surface area contributed by atoms with Gasteiger partial charge in [-0.25, -0.2) is 5.43 Å². The maximum atomic E-state index is 12.0. The fourth-order valence-corrected chi connectivity index (χ4v) is 3.19. The van der Waals surface area contributed by atoms with E-state index in [0.717, 1.165) is 22.3 Å². The molecule has 0 bridgehead atoms. The molecule has 6 heteroatoms. The summed E-state index contributed by atoms with van der Waals surface area (Å²) >= 11 is 6.22. The van der Waals surface area contributed by atoms with E-state index in [1.807, 2.05) is 62.4 Å². The van der Waals surface area contributed by atoms with E-state index in [-0.39, 0.29) is 12.4 Å². The van der Waals surface area contributed by atoms with Crippen molar-refractivity contribution in [2.24, 2.45) is 5.10 Å². The SMILES string of the molecule is Cc1ccc(OCC(=O)NN=Cc2cc(Cc3ccccc3Cl)ccc2O)c(C)c1. The molecule has 30 heavy (non-hydrogen) atoms. The van der Waals surface area contributed by atoms with Crippen molar-refractivity contribution < 1.29 is 14.6 Å². The lowest BCUT2D eigenvalue weighted by Crippen LogP contribution is -2.24. The lowest BCUT2D eigenvalue weighted by atomic mass is 10.0. The number of carbonyl (C=O) groups excluding carboxylic acids is 1. The number of hydrazone groups is 1.